The second-order valence-electron chi connectivity index (χ2n) is 14.4. The lowest BCUT2D eigenvalue weighted by Crippen LogP contribution is -2.45. The van der Waals surface area contributed by atoms with Crippen molar-refractivity contribution in [2.24, 2.45) is 0 Å². The van der Waals surface area contributed by atoms with E-state index in [1.807, 2.05) is 24.3 Å². The normalized spacial score (nSPS) is 12.2. The van der Waals surface area contributed by atoms with Gasteiger partial charge in [-0.3, -0.25) is 0 Å². The molecular formula is C36H60N8O2+2. The first-order valence-corrected chi connectivity index (χ1v) is 17.1. The lowest BCUT2D eigenvalue weighted by atomic mass is 10.1. The zero-order valence-electron chi connectivity index (χ0n) is 31.3. The van der Waals surface area contributed by atoms with Gasteiger partial charge in [0.2, 0.25) is 11.8 Å². The van der Waals surface area contributed by atoms with Crippen molar-refractivity contribution >= 4 is 11.9 Å². The molecule has 0 spiro atoms. The lowest BCUT2D eigenvalue weighted by molar-refractivity contribution is 0.324. The molecule has 46 heavy (non-hydrogen) atoms. The molecule has 254 valence electrons. The Balaban J connectivity index is 2.30. The molecule has 0 aliphatic heterocycles. The van der Waals surface area contributed by atoms with Crippen molar-refractivity contribution in [3.63, 3.8) is 0 Å². The van der Waals surface area contributed by atoms with E-state index < -0.39 is 0 Å². The van der Waals surface area contributed by atoms with Crippen LogP contribution in [0.2, 0.25) is 0 Å². The summed E-state index contributed by atoms with van der Waals surface area (Å²) in [4.78, 5) is 24.3. The molecule has 0 unspecified atom stereocenters. The molecule has 0 radical (unpaired) electrons. The van der Waals surface area contributed by atoms with E-state index in [4.69, 9.17) is 28.8 Å². The number of benzene rings is 1. The summed E-state index contributed by atoms with van der Waals surface area (Å²) in [6, 6.07) is 9.71. The summed E-state index contributed by atoms with van der Waals surface area (Å²) < 4.78 is 17.3. The fraction of sp³-hybridized carbons (Fsp3) is 0.667. The summed E-state index contributed by atoms with van der Waals surface area (Å²) in [5.74, 6) is 2.34. The van der Waals surface area contributed by atoms with Gasteiger partial charge in [-0.05, 0) is 135 Å². The van der Waals surface area contributed by atoms with Crippen LogP contribution in [0.15, 0.2) is 33.1 Å². The van der Waals surface area contributed by atoms with Crippen molar-refractivity contribution in [2.75, 3.05) is 9.80 Å². The van der Waals surface area contributed by atoms with E-state index in [0.717, 1.165) is 11.1 Å². The molecule has 3 aromatic rings. The Kier molecular flexibility index (Phi) is 12.3. The van der Waals surface area contributed by atoms with Crippen LogP contribution in [0, 0.1) is 0 Å². The maximum absolute atomic E-state index is 6.47. The Morgan fingerprint density at radius 2 is 0.696 bits per heavy atom. The van der Waals surface area contributed by atoms with Gasteiger partial charge in [0, 0.05) is 45.3 Å². The largest absolute Gasteiger partial charge is 0.504 e. The van der Waals surface area contributed by atoms with Crippen LogP contribution in [0.3, 0.4) is 0 Å². The molecule has 0 aliphatic carbocycles. The van der Waals surface area contributed by atoms with Gasteiger partial charge in [0.05, 0.1) is 24.2 Å². The van der Waals surface area contributed by atoms with Gasteiger partial charge in [-0.1, -0.05) is 0 Å². The maximum Gasteiger partial charge on any atom is 0.504 e. The molecule has 0 saturated heterocycles. The number of rotatable bonds is 12. The van der Waals surface area contributed by atoms with Gasteiger partial charge in [-0.15, -0.1) is 0 Å². The molecular weight excluding hydrogens is 576 g/mol. The lowest BCUT2D eigenvalue weighted by Gasteiger charge is -2.28. The van der Waals surface area contributed by atoms with Gasteiger partial charge in [-0.2, -0.15) is 9.97 Å². The summed E-state index contributed by atoms with van der Waals surface area (Å²) in [6.45, 7) is 34.5. The van der Waals surface area contributed by atoms with Crippen molar-refractivity contribution in [2.45, 2.75) is 159 Å². The van der Waals surface area contributed by atoms with Gasteiger partial charge in [0.25, 0.3) is 0 Å². The Hall–Kier alpha value is -3.56. The molecule has 10 heteroatoms. The summed E-state index contributed by atoms with van der Waals surface area (Å²) >= 11 is 0. The highest BCUT2D eigenvalue weighted by Gasteiger charge is 2.28. The molecule has 0 N–H and O–H groups in total. The number of hydrogen-bond acceptors (Lipinski definition) is 8. The van der Waals surface area contributed by atoms with Gasteiger partial charge in [-0.25, -0.2) is 9.15 Å². The van der Waals surface area contributed by atoms with E-state index in [2.05, 4.69) is 130 Å². The average molecular weight is 637 g/mol. The third kappa shape index (κ3) is 8.42. The topological polar surface area (TPSA) is 90.3 Å². The molecule has 10 nitrogen and oxygen atoms in total. The first kappa shape index (κ1) is 36.9. The molecule has 2 heterocycles. The van der Waals surface area contributed by atoms with Gasteiger partial charge >= 0.3 is 23.3 Å². The highest BCUT2D eigenvalue weighted by molar-refractivity contribution is 5.62. The number of anilines is 2. The third-order valence-electron chi connectivity index (χ3n) is 7.90. The molecule has 0 bridgehead atoms. The summed E-state index contributed by atoms with van der Waals surface area (Å²) in [5, 5.41) is 0. The Morgan fingerprint density at radius 3 is 0.913 bits per heavy atom. The van der Waals surface area contributed by atoms with E-state index in [9.17, 15) is 0 Å². The van der Waals surface area contributed by atoms with Crippen LogP contribution < -0.4 is 30.3 Å². The zero-order chi connectivity index (χ0) is 34.6. The smallest absolute Gasteiger partial charge is 0.369 e. The minimum absolute atomic E-state index is 0.198. The second-order valence-corrected chi connectivity index (χ2v) is 14.4. The van der Waals surface area contributed by atoms with Crippen molar-refractivity contribution in [1.82, 2.24) is 29.1 Å². The van der Waals surface area contributed by atoms with E-state index in [1.165, 1.54) is 0 Å². The van der Waals surface area contributed by atoms with E-state index in [-0.39, 0.29) is 48.3 Å². The summed E-state index contributed by atoms with van der Waals surface area (Å²) in [7, 11) is 0. The minimum Gasteiger partial charge on any atom is -0.369 e. The molecule has 0 atom stereocenters. The molecule has 0 aliphatic rings. The average Bonchev–Trinajstić information content (AvgIpc) is 2.91. The molecule has 3 rings (SSSR count). The standard InChI is InChI=1S/C36H60N8O2/c1-21(2)41(22(3)4)33-37-31(45-35(39-33)43(25(9)10)26(11)12)29-17-19-30(20-18-29)32-38-34(42(23(5)6)24(7)8)40-36(46-32)44(27(13)14)28(15)16/h17-28H,1-16H3/q+2. The number of aromatic nitrogens is 4. The zero-order valence-corrected chi connectivity index (χ0v) is 31.3. The molecule has 1 aromatic carbocycles. The van der Waals surface area contributed by atoms with Crippen LogP contribution in [-0.4, -0.2) is 68.3 Å². The van der Waals surface area contributed by atoms with Gasteiger partial charge in [0.15, 0.2) is 0 Å². The highest BCUT2D eigenvalue weighted by Crippen LogP contribution is 2.25. The first-order chi connectivity index (χ1) is 21.4. The Morgan fingerprint density at radius 1 is 0.435 bits per heavy atom. The highest BCUT2D eigenvalue weighted by atomic mass is 16.4. The minimum atomic E-state index is 0.198. The fourth-order valence-electron chi connectivity index (χ4n) is 6.31. The fourth-order valence-corrected chi connectivity index (χ4v) is 6.31. The van der Waals surface area contributed by atoms with Crippen LogP contribution in [0.25, 0.3) is 22.9 Å². The van der Waals surface area contributed by atoms with E-state index in [1.54, 1.807) is 0 Å². The monoisotopic (exact) mass is 636 g/mol. The molecule has 0 saturated carbocycles. The Labute approximate surface area is 277 Å². The second kappa shape index (κ2) is 15.4. The van der Waals surface area contributed by atoms with Crippen molar-refractivity contribution in [3.8, 4) is 22.9 Å². The van der Waals surface area contributed by atoms with E-state index >= 15 is 0 Å². The number of nitrogens with zero attached hydrogens (tertiary/aromatic N) is 8. The van der Waals surface area contributed by atoms with Crippen molar-refractivity contribution in [1.29, 1.82) is 0 Å². The summed E-state index contributed by atoms with van der Waals surface area (Å²) in [5.41, 5.74) is 2.82. The van der Waals surface area contributed by atoms with Crippen LogP contribution >= 0.6 is 0 Å². The molecule has 2 aromatic heterocycles. The Bertz CT molecular complexity index is 1420. The molecule has 0 fully saturated rings. The van der Waals surface area contributed by atoms with Crippen LogP contribution in [0.1, 0.15) is 111 Å². The summed E-state index contributed by atoms with van der Waals surface area (Å²) in [6.07, 6.45) is 0. The predicted octanol–water partition coefficient (Wildman–Crippen LogP) is 6.21. The van der Waals surface area contributed by atoms with Gasteiger partial charge < -0.3 is 18.6 Å². The third-order valence-corrected chi connectivity index (χ3v) is 7.90. The maximum atomic E-state index is 6.47. The van der Waals surface area contributed by atoms with Crippen molar-refractivity contribution < 1.29 is 8.83 Å². The predicted molar refractivity (Wildman–Crippen MR) is 190 cm³/mol. The van der Waals surface area contributed by atoms with Crippen molar-refractivity contribution in [3.05, 3.63) is 35.6 Å². The number of hydrogen-bond donors (Lipinski definition) is 0. The van der Waals surface area contributed by atoms with Crippen LogP contribution in [-0.2, 0) is 0 Å². The molecule has 0 amide bonds. The van der Waals surface area contributed by atoms with Gasteiger partial charge in [0.1, 0.15) is 0 Å². The first-order valence-electron chi connectivity index (χ1n) is 17.1. The van der Waals surface area contributed by atoms with Crippen LogP contribution in [0.4, 0.5) is 11.9 Å². The quantitative estimate of drug-likeness (QED) is 0.217. The van der Waals surface area contributed by atoms with Crippen LogP contribution in [0.5, 0.6) is 0 Å². The van der Waals surface area contributed by atoms with E-state index in [0.29, 0.717) is 35.0 Å². The SMILES string of the molecule is CC(C)N(c1nc(-c2ccc(-c3nc(N(C(C)C)C(C)C)nc(=[N+](C(C)C)C(C)C)o3)cc2)oc(=[N+](C(C)C)C(C)C)n1)C(C)C.